The number of benzene rings is 1. The van der Waals surface area contributed by atoms with E-state index in [4.69, 9.17) is 11.6 Å². The molecule has 0 radical (unpaired) electrons. The van der Waals surface area contributed by atoms with E-state index in [1.54, 1.807) is 25.3 Å². The summed E-state index contributed by atoms with van der Waals surface area (Å²) in [6.07, 6.45) is 2.62. The van der Waals surface area contributed by atoms with Crippen molar-refractivity contribution in [2.45, 2.75) is 19.8 Å². The predicted octanol–water partition coefficient (Wildman–Crippen LogP) is 4.00. The maximum absolute atomic E-state index is 13.1. The molecule has 2 nitrogen and oxygen atoms in total. The van der Waals surface area contributed by atoms with Crippen LogP contribution in [-0.4, -0.2) is 10.8 Å². The van der Waals surface area contributed by atoms with Crippen LogP contribution in [0.3, 0.4) is 0 Å². The number of rotatable bonds is 4. The Labute approximate surface area is 116 Å². The molecule has 0 fully saturated rings. The van der Waals surface area contributed by atoms with Gasteiger partial charge in [-0.1, -0.05) is 17.7 Å². The molecule has 0 atom stereocenters. The number of carbonyl (C=O) groups is 1. The first-order chi connectivity index (χ1) is 9.06. The smallest absolute Gasteiger partial charge is 0.163 e. The van der Waals surface area contributed by atoms with Gasteiger partial charge in [0, 0.05) is 18.2 Å². The Morgan fingerprint density at radius 2 is 2.11 bits per heavy atom. The Balaban J connectivity index is 2.01. The molecule has 0 N–H and O–H groups in total. The van der Waals surface area contributed by atoms with Crippen molar-refractivity contribution in [3.05, 3.63) is 64.2 Å². The number of pyridine rings is 1. The molecule has 0 unspecified atom stereocenters. The van der Waals surface area contributed by atoms with E-state index in [1.165, 1.54) is 12.1 Å². The number of aryl methyl sites for hydroxylation is 2. The third kappa shape index (κ3) is 3.61. The van der Waals surface area contributed by atoms with Crippen molar-refractivity contribution in [2.75, 3.05) is 0 Å². The number of hydrogen-bond donors (Lipinski definition) is 0. The van der Waals surface area contributed by atoms with E-state index in [-0.39, 0.29) is 11.6 Å². The van der Waals surface area contributed by atoms with Crippen molar-refractivity contribution in [2.24, 2.45) is 0 Å². The monoisotopic (exact) mass is 277 g/mol. The SMILES string of the molecule is Cc1cc(C(=O)CCc2ccc(Cl)nc2)ccc1F. The van der Waals surface area contributed by atoms with E-state index in [9.17, 15) is 9.18 Å². The third-order valence-electron chi connectivity index (χ3n) is 2.91. The van der Waals surface area contributed by atoms with Crippen molar-refractivity contribution in [3.8, 4) is 0 Å². The second-order valence-corrected chi connectivity index (χ2v) is 4.76. The van der Waals surface area contributed by atoms with E-state index in [2.05, 4.69) is 4.98 Å². The zero-order valence-electron chi connectivity index (χ0n) is 10.5. The highest BCUT2D eigenvalue weighted by Crippen LogP contribution is 2.13. The summed E-state index contributed by atoms with van der Waals surface area (Å²) >= 11 is 5.69. The fraction of sp³-hybridized carbons (Fsp3) is 0.200. The lowest BCUT2D eigenvalue weighted by molar-refractivity contribution is 0.0982. The standard InChI is InChI=1S/C15H13ClFNO/c1-10-8-12(4-5-13(10)17)14(19)6-2-11-3-7-15(16)18-9-11/h3-5,7-9H,2,6H2,1H3. The van der Waals surface area contributed by atoms with Crippen molar-refractivity contribution in [1.82, 2.24) is 4.98 Å². The maximum Gasteiger partial charge on any atom is 0.163 e. The summed E-state index contributed by atoms with van der Waals surface area (Å²) in [4.78, 5) is 15.9. The van der Waals surface area contributed by atoms with Crippen LogP contribution in [0.1, 0.15) is 27.9 Å². The molecule has 19 heavy (non-hydrogen) atoms. The molecule has 0 spiro atoms. The van der Waals surface area contributed by atoms with Crippen LogP contribution in [0.25, 0.3) is 0 Å². The highest BCUT2D eigenvalue weighted by atomic mass is 35.5. The van der Waals surface area contributed by atoms with Crippen LogP contribution in [-0.2, 0) is 6.42 Å². The van der Waals surface area contributed by atoms with Crippen LogP contribution in [0, 0.1) is 12.7 Å². The minimum absolute atomic E-state index is 0.00181. The second-order valence-electron chi connectivity index (χ2n) is 4.38. The van der Waals surface area contributed by atoms with Crippen LogP contribution in [0.5, 0.6) is 0 Å². The van der Waals surface area contributed by atoms with Gasteiger partial charge in [-0.3, -0.25) is 4.79 Å². The first kappa shape index (κ1) is 13.7. The molecular formula is C15H13ClFNO. The first-order valence-electron chi connectivity index (χ1n) is 5.96. The molecule has 0 aliphatic heterocycles. The Morgan fingerprint density at radius 3 is 2.74 bits per heavy atom. The first-order valence-corrected chi connectivity index (χ1v) is 6.34. The number of hydrogen-bond acceptors (Lipinski definition) is 2. The fourth-order valence-corrected chi connectivity index (χ4v) is 1.89. The molecule has 0 aliphatic carbocycles. The van der Waals surface area contributed by atoms with Crippen molar-refractivity contribution < 1.29 is 9.18 Å². The Bertz CT molecular complexity index is 596. The lowest BCUT2D eigenvalue weighted by atomic mass is 10.0. The van der Waals surface area contributed by atoms with Crippen LogP contribution in [0.2, 0.25) is 5.15 Å². The molecule has 2 aromatic rings. The Hall–Kier alpha value is -1.74. The molecule has 98 valence electrons. The quantitative estimate of drug-likeness (QED) is 0.624. The topological polar surface area (TPSA) is 30.0 Å². The van der Waals surface area contributed by atoms with E-state index < -0.39 is 0 Å². The molecule has 4 heteroatoms. The van der Waals surface area contributed by atoms with Gasteiger partial charge in [-0.15, -0.1) is 0 Å². The van der Waals surface area contributed by atoms with Gasteiger partial charge in [0.05, 0.1) is 0 Å². The number of aromatic nitrogens is 1. The zero-order chi connectivity index (χ0) is 13.8. The summed E-state index contributed by atoms with van der Waals surface area (Å²) in [5.74, 6) is -0.295. The van der Waals surface area contributed by atoms with E-state index in [0.29, 0.717) is 29.1 Å². The van der Waals surface area contributed by atoms with Crippen molar-refractivity contribution >= 4 is 17.4 Å². The van der Waals surface area contributed by atoms with Gasteiger partial charge >= 0.3 is 0 Å². The van der Waals surface area contributed by atoms with E-state index in [0.717, 1.165) is 5.56 Å². The number of Topliss-reactive ketones (excluding diaryl/α,β-unsaturated/α-hetero) is 1. The van der Waals surface area contributed by atoms with Gasteiger partial charge < -0.3 is 0 Å². The van der Waals surface area contributed by atoms with Gasteiger partial charge in [-0.25, -0.2) is 9.37 Å². The highest BCUT2D eigenvalue weighted by molar-refractivity contribution is 6.29. The number of nitrogens with zero attached hydrogens (tertiary/aromatic N) is 1. The van der Waals surface area contributed by atoms with Gasteiger partial charge in [0.2, 0.25) is 0 Å². The van der Waals surface area contributed by atoms with Gasteiger partial charge in [0.15, 0.2) is 5.78 Å². The normalized spacial score (nSPS) is 10.5. The largest absolute Gasteiger partial charge is 0.294 e. The molecule has 2 rings (SSSR count). The molecule has 1 aromatic carbocycles. The van der Waals surface area contributed by atoms with E-state index >= 15 is 0 Å². The lowest BCUT2D eigenvalue weighted by Gasteiger charge is -2.03. The van der Waals surface area contributed by atoms with Crippen molar-refractivity contribution in [3.63, 3.8) is 0 Å². The Kier molecular flexibility index (Phi) is 4.27. The molecule has 0 aliphatic rings. The second kappa shape index (κ2) is 5.93. The minimum Gasteiger partial charge on any atom is -0.294 e. The van der Waals surface area contributed by atoms with Gasteiger partial charge in [-0.05, 0) is 48.7 Å². The molecule has 0 bridgehead atoms. The van der Waals surface area contributed by atoms with Crippen LogP contribution >= 0.6 is 11.6 Å². The molecule has 0 amide bonds. The van der Waals surface area contributed by atoms with Gasteiger partial charge in [-0.2, -0.15) is 0 Å². The highest BCUT2D eigenvalue weighted by Gasteiger charge is 2.08. The summed E-state index contributed by atoms with van der Waals surface area (Å²) in [6.45, 7) is 1.65. The fourth-order valence-electron chi connectivity index (χ4n) is 1.77. The summed E-state index contributed by atoms with van der Waals surface area (Å²) in [5.41, 5.74) is 1.98. The summed E-state index contributed by atoms with van der Waals surface area (Å²) < 4.78 is 13.1. The number of ketones is 1. The summed E-state index contributed by atoms with van der Waals surface area (Å²) in [7, 11) is 0. The Morgan fingerprint density at radius 1 is 1.32 bits per heavy atom. The van der Waals surface area contributed by atoms with E-state index in [1.807, 2.05) is 6.07 Å². The average Bonchev–Trinajstić information content (AvgIpc) is 2.41. The molecule has 1 heterocycles. The number of carbonyl (C=O) groups excluding carboxylic acids is 1. The average molecular weight is 278 g/mol. The summed E-state index contributed by atoms with van der Waals surface area (Å²) in [5, 5.41) is 0.434. The molecule has 0 saturated carbocycles. The van der Waals surface area contributed by atoms with Crippen LogP contribution < -0.4 is 0 Å². The molecule has 0 saturated heterocycles. The lowest BCUT2D eigenvalue weighted by Crippen LogP contribution is -2.02. The van der Waals surface area contributed by atoms with Gasteiger partial charge in [0.25, 0.3) is 0 Å². The van der Waals surface area contributed by atoms with Crippen LogP contribution in [0.15, 0.2) is 36.5 Å². The predicted molar refractivity (Wildman–Crippen MR) is 73.0 cm³/mol. The minimum atomic E-state index is -0.293. The third-order valence-corrected chi connectivity index (χ3v) is 3.13. The molecular weight excluding hydrogens is 265 g/mol. The maximum atomic E-state index is 13.1. The zero-order valence-corrected chi connectivity index (χ0v) is 11.2. The van der Waals surface area contributed by atoms with Gasteiger partial charge in [0.1, 0.15) is 11.0 Å². The van der Waals surface area contributed by atoms with Crippen molar-refractivity contribution in [1.29, 1.82) is 0 Å². The van der Waals surface area contributed by atoms with Crippen LogP contribution in [0.4, 0.5) is 4.39 Å². The summed E-state index contributed by atoms with van der Waals surface area (Å²) in [6, 6.07) is 7.97. The molecule has 1 aromatic heterocycles. The number of halogens is 2.